The van der Waals surface area contributed by atoms with E-state index in [0.29, 0.717) is 6.42 Å². The second-order valence-corrected chi connectivity index (χ2v) is 5.13. The highest BCUT2D eigenvalue weighted by atomic mass is 16.4. The minimum absolute atomic E-state index is 0.0162. The number of hydrogen-bond donors (Lipinski definition) is 3. The van der Waals surface area contributed by atoms with E-state index in [1.54, 1.807) is 0 Å². The van der Waals surface area contributed by atoms with E-state index in [0.717, 1.165) is 6.42 Å². The summed E-state index contributed by atoms with van der Waals surface area (Å²) in [6, 6.07) is -0.282. The van der Waals surface area contributed by atoms with Crippen molar-refractivity contribution in [1.29, 1.82) is 0 Å². The largest absolute Gasteiger partial charge is 0.481 e. The molecule has 0 spiro atoms. The summed E-state index contributed by atoms with van der Waals surface area (Å²) in [4.78, 5) is 23.4. The van der Waals surface area contributed by atoms with Crippen LogP contribution in [0.1, 0.15) is 19.8 Å². The number of carbonyl (C=O) groups is 2. The fourth-order valence-corrected chi connectivity index (χ4v) is 3.09. The standard InChI is InChI=1S/C13H19NO4/c1-2-9(6-15)14-12(16)10-7-3-4-8(5-7)11(10)13(17)18/h3-4,7-11,15H,2,5-6H2,1H3,(H,14,16)(H,17,18)/t7?,8?,9-,10-,11+/m0/s1. The van der Waals surface area contributed by atoms with Gasteiger partial charge in [0.05, 0.1) is 24.5 Å². The third kappa shape index (κ3) is 2.14. The van der Waals surface area contributed by atoms with Crippen molar-refractivity contribution in [3.63, 3.8) is 0 Å². The number of nitrogens with one attached hydrogen (secondary N) is 1. The number of allylic oxidation sites excluding steroid dienone is 2. The van der Waals surface area contributed by atoms with Crippen LogP contribution in [0.4, 0.5) is 0 Å². The van der Waals surface area contributed by atoms with E-state index in [1.165, 1.54) is 0 Å². The Morgan fingerprint density at radius 3 is 2.44 bits per heavy atom. The Hall–Kier alpha value is -1.36. The summed E-state index contributed by atoms with van der Waals surface area (Å²) in [6.45, 7) is 1.76. The molecule has 1 fully saturated rings. The lowest BCUT2D eigenvalue weighted by atomic mass is 9.82. The van der Waals surface area contributed by atoms with Gasteiger partial charge in [0.1, 0.15) is 0 Å². The summed E-state index contributed by atoms with van der Waals surface area (Å²) in [7, 11) is 0. The summed E-state index contributed by atoms with van der Waals surface area (Å²) < 4.78 is 0. The molecule has 5 atom stereocenters. The Morgan fingerprint density at radius 1 is 1.33 bits per heavy atom. The van der Waals surface area contributed by atoms with Crippen LogP contribution in [0.5, 0.6) is 0 Å². The van der Waals surface area contributed by atoms with Crippen molar-refractivity contribution >= 4 is 11.9 Å². The molecule has 5 nitrogen and oxygen atoms in total. The van der Waals surface area contributed by atoms with Gasteiger partial charge in [0, 0.05) is 0 Å². The van der Waals surface area contributed by atoms with Crippen LogP contribution in [0, 0.1) is 23.7 Å². The first-order chi connectivity index (χ1) is 8.58. The molecule has 0 radical (unpaired) electrons. The Morgan fingerprint density at radius 2 is 1.94 bits per heavy atom. The quantitative estimate of drug-likeness (QED) is 0.619. The Bertz CT molecular complexity index is 375. The zero-order valence-electron chi connectivity index (χ0n) is 10.4. The normalized spacial score (nSPS) is 34.6. The van der Waals surface area contributed by atoms with Crippen molar-refractivity contribution in [3.05, 3.63) is 12.2 Å². The van der Waals surface area contributed by atoms with E-state index in [1.807, 2.05) is 19.1 Å². The number of amides is 1. The summed E-state index contributed by atoms with van der Waals surface area (Å²) in [5.74, 6) is -2.22. The molecule has 1 saturated carbocycles. The average Bonchev–Trinajstić information content (AvgIpc) is 2.95. The van der Waals surface area contributed by atoms with Crippen LogP contribution in [0.15, 0.2) is 12.2 Å². The van der Waals surface area contributed by atoms with Crippen LogP contribution < -0.4 is 5.32 Å². The minimum atomic E-state index is -0.899. The van der Waals surface area contributed by atoms with Gasteiger partial charge < -0.3 is 15.5 Å². The van der Waals surface area contributed by atoms with E-state index < -0.39 is 17.8 Å². The van der Waals surface area contributed by atoms with Crippen molar-refractivity contribution in [2.45, 2.75) is 25.8 Å². The number of hydrogen-bond acceptors (Lipinski definition) is 3. The Kier molecular flexibility index (Phi) is 3.71. The van der Waals surface area contributed by atoms with E-state index in [9.17, 15) is 14.7 Å². The minimum Gasteiger partial charge on any atom is -0.481 e. The highest BCUT2D eigenvalue weighted by molar-refractivity contribution is 5.87. The van der Waals surface area contributed by atoms with E-state index >= 15 is 0 Å². The summed E-state index contributed by atoms with van der Waals surface area (Å²) in [5.41, 5.74) is 0. The van der Waals surface area contributed by atoms with E-state index in [4.69, 9.17) is 5.11 Å². The molecule has 100 valence electrons. The molecule has 0 aliphatic heterocycles. The maximum Gasteiger partial charge on any atom is 0.307 e. The van der Waals surface area contributed by atoms with E-state index in [-0.39, 0.29) is 30.4 Å². The van der Waals surface area contributed by atoms with Crippen LogP contribution in [0.25, 0.3) is 0 Å². The molecule has 18 heavy (non-hydrogen) atoms. The van der Waals surface area contributed by atoms with Gasteiger partial charge in [0.25, 0.3) is 0 Å². The third-order valence-electron chi connectivity index (χ3n) is 4.11. The molecule has 0 aromatic carbocycles. The van der Waals surface area contributed by atoms with Gasteiger partial charge in [-0.15, -0.1) is 0 Å². The number of fused-ring (bicyclic) bond motifs is 2. The van der Waals surface area contributed by atoms with Crippen molar-refractivity contribution in [3.8, 4) is 0 Å². The van der Waals surface area contributed by atoms with Gasteiger partial charge in [-0.05, 0) is 24.7 Å². The number of rotatable bonds is 5. The molecule has 2 aliphatic carbocycles. The lowest BCUT2D eigenvalue weighted by Gasteiger charge is -2.25. The first-order valence-electron chi connectivity index (χ1n) is 6.40. The summed E-state index contributed by atoms with van der Waals surface area (Å²) in [5, 5.41) is 21.1. The smallest absolute Gasteiger partial charge is 0.307 e. The van der Waals surface area contributed by atoms with Gasteiger partial charge in [-0.2, -0.15) is 0 Å². The van der Waals surface area contributed by atoms with Gasteiger partial charge in [-0.25, -0.2) is 0 Å². The maximum absolute atomic E-state index is 12.2. The van der Waals surface area contributed by atoms with Crippen LogP contribution in [0.2, 0.25) is 0 Å². The van der Waals surface area contributed by atoms with Crippen molar-refractivity contribution in [2.75, 3.05) is 6.61 Å². The predicted molar refractivity (Wildman–Crippen MR) is 64.7 cm³/mol. The second-order valence-electron chi connectivity index (χ2n) is 5.13. The van der Waals surface area contributed by atoms with Gasteiger partial charge in [0.15, 0.2) is 0 Å². The van der Waals surface area contributed by atoms with Gasteiger partial charge in [-0.3, -0.25) is 9.59 Å². The lowest BCUT2D eigenvalue weighted by molar-refractivity contribution is -0.148. The fraction of sp³-hybridized carbons (Fsp3) is 0.692. The molecule has 2 unspecified atom stereocenters. The molecular weight excluding hydrogens is 234 g/mol. The molecule has 0 heterocycles. The number of aliphatic hydroxyl groups is 1. The second kappa shape index (κ2) is 5.10. The molecule has 0 saturated heterocycles. The number of carboxylic acids is 1. The zero-order chi connectivity index (χ0) is 13.3. The van der Waals surface area contributed by atoms with Gasteiger partial charge >= 0.3 is 5.97 Å². The molecule has 0 aromatic heterocycles. The SMILES string of the molecule is CC[C@@H](CO)NC(=O)[C@H]1C2C=CC(C2)[C@H]1C(=O)O. The highest BCUT2D eigenvalue weighted by Gasteiger charge is 2.51. The van der Waals surface area contributed by atoms with Crippen LogP contribution in [-0.4, -0.2) is 34.7 Å². The van der Waals surface area contributed by atoms with Crippen LogP contribution in [0.3, 0.4) is 0 Å². The number of aliphatic hydroxyl groups excluding tert-OH is 1. The monoisotopic (exact) mass is 253 g/mol. The van der Waals surface area contributed by atoms with Crippen LogP contribution >= 0.6 is 0 Å². The lowest BCUT2D eigenvalue weighted by Crippen LogP contribution is -2.45. The molecule has 2 aliphatic rings. The fourth-order valence-electron chi connectivity index (χ4n) is 3.09. The summed E-state index contributed by atoms with van der Waals surface area (Å²) >= 11 is 0. The molecule has 0 aromatic rings. The van der Waals surface area contributed by atoms with Gasteiger partial charge in [0.2, 0.25) is 5.91 Å². The third-order valence-corrected chi connectivity index (χ3v) is 4.11. The number of aliphatic carboxylic acids is 1. The number of carbonyl (C=O) groups excluding carboxylic acids is 1. The Labute approximate surface area is 106 Å². The molecule has 1 amide bonds. The van der Waals surface area contributed by atoms with Crippen LogP contribution in [-0.2, 0) is 9.59 Å². The zero-order valence-corrected chi connectivity index (χ0v) is 10.4. The predicted octanol–water partition coefficient (Wildman–Crippen LogP) is 0.396. The van der Waals surface area contributed by atoms with Gasteiger partial charge in [-0.1, -0.05) is 19.1 Å². The highest BCUT2D eigenvalue weighted by Crippen LogP contribution is 2.48. The maximum atomic E-state index is 12.2. The average molecular weight is 253 g/mol. The molecular formula is C13H19NO4. The molecule has 5 heteroatoms. The first kappa shape index (κ1) is 13.1. The molecule has 2 bridgehead atoms. The Balaban J connectivity index is 2.09. The van der Waals surface area contributed by atoms with E-state index in [2.05, 4.69) is 5.32 Å². The van der Waals surface area contributed by atoms with Crippen molar-refractivity contribution in [1.82, 2.24) is 5.32 Å². The molecule has 2 rings (SSSR count). The topological polar surface area (TPSA) is 86.6 Å². The summed E-state index contributed by atoms with van der Waals surface area (Å²) in [6.07, 6.45) is 5.26. The first-order valence-corrected chi connectivity index (χ1v) is 6.40. The molecule has 3 N–H and O–H groups in total. The van der Waals surface area contributed by atoms with Crippen molar-refractivity contribution < 1.29 is 19.8 Å². The van der Waals surface area contributed by atoms with Crippen molar-refractivity contribution in [2.24, 2.45) is 23.7 Å². The number of carboxylic acid groups (broad SMARTS) is 1.